The van der Waals surface area contributed by atoms with Crippen molar-refractivity contribution in [3.05, 3.63) is 52.9 Å². The standard InChI is InChI=1S/C21H20N2O5S/c1-4-27-13-7-5-12(6-8-13)15-11-29-21(22-15)23-19-14-9-10-16(25-2)18(26-3)17(14)20(24)28-19/h5-11,19H,4H2,1-3H3,(H,22,23)/t19-/m1/s1. The Morgan fingerprint density at radius 3 is 2.62 bits per heavy atom. The van der Waals surface area contributed by atoms with E-state index in [0.717, 1.165) is 17.0 Å². The molecular formula is C21H20N2O5S. The van der Waals surface area contributed by atoms with Gasteiger partial charge in [-0.05, 0) is 43.3 Å². The smallest absolute Gasteiger partial charge is 0.344 e. The number of carbonyl (C=O) groups is 1. The highest BCUT2D eigenvalue weighted by atomic mass is 32.1. The molecule has 0 fully saturated rings. The van der Waals surface area contributed by atoms with Crippen molar-refractivity contribution < 1.29 is 23.7 Å². The van der Waals surface area contributed by atoms with Crippen LogP contribution in [0.3, 0.4) is 0 Å². The molecule has 0 saturated carbocycles. The zero-order chi connectivity index (χ0) is 20.4. The number of rotatable bonds is 7. The minimum Gasteiger partial charge on any atom is -0.494 e. The highest BCUT2D eigenvalue weighted by Gasteiger charge is 2.36. The number of esters is 1. The SMILES string of the molecule is CCOc1ccc(-c2csc(N[C@@H]3OC(=O)c4c3ccc(OC)c4OC)n2)cc1. The molecule has 29 heavy (non-hydrogen) atoms. The van der Waals surface area contributed by atoms with Gasteiger partial charge in [-0.1, -0.05) is 0 Å². The number of benzene rings is 2. The highest BCUT2D eigenvalue weighted by molar-refractivity contribution is 7.14. The number of hydrogen-bond acceptors (Lipinski definition) is 8. The van der Waals surface area contributed by atoms with E-state index in [1.807, 2.05) is 36.6 Å². The Morgan fingerprint density at radius 1 is 1.14 bits per heavy atom. The van der Waals surface area contributed by atoms with Gasteiger partial charge in [0.1, 0.15) is 11.3 Å². The van der Waals surface area contributed by atoms with Crippen molar-refractivity contribution in [3.8, 4) is 28.5 Å². The molecule has 7 nitrogen and oxygen atoms in total. The Bertz CT molecular complexity index is 1030. The minimum atomic E-state index is -0.642. The molecule has 4 rings (SSSR count). The van der Waals surface area contributed by atoms with Gasteiger partial charge >= 0.3 is 5.97 Å². The lowest BCUT2D eigenvalue weighted by molar-refractivity contribution is 0.0435. The van der Waals surface area contributed by atoms with Gasteiger partial charge in [-0.3, -0.25) is 0 Å². The molecular weight excluding hydrogens is 392 g/mol. The van der Waals surface area contributed by atoms with Crippen molar-refractivity contribution in [1.29, 1.82) is 0 Å². The van der Waals surface area contributed by atoms with Crippen molar-refractivity contribution in [2.45, 2.75) is 13.2 Å². The Hall–Kier alpha value is -3.26. The Balaban J connectivity index is 1.55. The third kappa shape index (κ3) is 3.58. The van der Waals surface area contributed by atoms with Crippen molar-refractivity contribution in [2.75, 3.05) is 26.1 Å². The topological polar surface area (TPSA) is 78.9 Å². The summed E-state index contributed by atoms with van der Waals surface area (Å²) in [6.45, 7) is 2.58. The predicted molar refractivity (Wildman–Crippen MR) is 110 cm³/mol. The van der Waals surface area contributed by atoms with Crippen LogP contribution in [0, 0.1) is 0 Å². The van der Waals surface area contributed by atoms with Crippen LogP contribution >= 0.6 is 11.3 Å². The van der Waals surface area contributed by atoms with Crippen molar-refractivity contribution in [2.24, 2.45) is 0 Å². The number of thiazole rings is 1. The second-order valence-electron chi connectivity index (χ2n) is 6.19. The number of methoxy groups -OCH3 is 2. The first kappa shape index (κ1) is 19.1. The van der Waals surface area contributed by atoms with E-state index in [2.05, 4.69) is 10.3 Å². The fourth-order valence-corrected chi connectivity index (χ4v) is 3.92. The van der Waals surface area contributed by atoms with Gasteiger partial charge in [0.05, 0.1) is 26.5 Å². The number of cyclic esters (lactones) is 1. The van der Waals surface area contributed by atoms with E-state index in [9.17, 15) is 4.79 Å². The van der Waals surface area contributed by atoms with E-state index >= 15 is 0 Å². The molecule has 0 radical (unpaired) electrons. The molecule has 0 amide bonds. The summed E-state index contributed by atoms with van der Waals surface area (Å²) in [4.78, 5) is 17.0. The Labute approximate surface area is 172 Å². The molecule has 0 spiro atoms. The Kier molecular flexibility index (Phi) is 5.26. The number of aromatic nitrogens is 1. The number of nitrogens with zero attached hydrogens (tertiary/aromatic N) is 1. The normalized spacial score (nSPS) is 14.9. The first-order valence-corrected chi connectivity index (χ1v) is 9.93. The summed E-state index contributed by atoms with van der Waals surface area (Å²) in [5.74, 6) is 1.21. The summed E-state index contributed by atoms with van der Waals surface area (Å²) in [5, 5.41) is 5.78. The molecule has 1 aliphatic heterocycles. The maximum absolute atomic E-state index is 12.4. The summed E-state index contributed by atoms with van der Waals surface area (Å²) < 4.78 is 21.6. The first-order chi connectivity index (χ1) is 14.1. The predicted octanol–water partition coefficient (Wildman–Crippen LogP) is 4.51. The van der Waals surface area contributed by atoms with E-state index in [0.29, 0.717) is 34.4 Å². The average molecular weight is 412 g/mol. The van der Waals surface area contributed by atoms with Crippen LogP contribution in [0.15, 0.2) is 41.8 Å². The van der Waals surface area contributed by atoms with Gasteiger partial charge in [0.2, 0.25) is 6.23 Å². The number of fused-ring (bicyclic) bond motifs is 1. The third-order valence-electron chi connectivity index (χ3n) is 4.51. The number of ether oxygens (including phenoxy) is 4. The minimum absolute atomic E-state index is 0.368. The maximum atomic E-state index is 12.4. The zero-order valence-corrected chi connectivity index (χ0v) is 17.0. The van der Waals surface area contributed by atoms with Gasteiger partial charge in [-0.25, -0.2) is 9.78 Å². The molecule has 0 unspecified atom stereocenters. The quantitative estimate of drug-likeness (QED) is 0.572. The second kappa shape index (κ2) is 8.00. The van der Waals surface area contributed by atoms with Crippen LogP contribution in [0.25, 0.3) is 11.3 Å². The van der Waals surface area contributed by atoms with Crippen LogP contribution in [0.4, 0.5) is 5.13 Å². The Morgan fingerprint density at radius 2 is 1.93 bits per heavy atom. The molecule has 0 saturated heterocycles. The molecule has 8 heteroatoms. The molecule has 2 heterocycles. The lowest BCUT2D eigenvalue weighted by atomic mass is 10.1. The molecule has 1 N–H and O–H groups in total. The molecule has 150 valence electrons. The van der Waals surface area contributed by atoms with Crippen molar-refractivity contribution in [3.63, 3.8) is 0 Å². The van der Waals surface area contributed by atoms with Gasteiger partial charge in [-0.15, -0.1) is 11.3 Å². The molecule has 1 atom stereocenters. The number of carbonyl (C=O) groups excluding carboxylic acids is 1. The fraction of sp³-hybridized carbons (Fsp3) is 0.238. The average Bonchev–Trinajstić information content (AvgIpc) is 3.33. The van der Waals surface area contributed by atoms with Crippen LogP contribution in [0.5, 0.6) is 17.2 Å². The molecule has 0 bridgehead atoms. The monoisotopic (exact) mass is 412 g/mol. The highest BCUT2D eigenvalue weighted by Crippen LogP contribution is 2.42. The third-order valence-corrected chi connectivity index (χ3v) is 5.28. The molecule has 0 aliphatic carbocycles. The molecule has 3 aromatic rings. The lowest BCUT2D eigenvalue weighted by Crippen LogP contribution is -2.10. The van der Waals surface area contributed by atoms with Crippen LogP contribution in [-0.4, -0.2) is 31.8 Å². The van der Waals surface area contributed by atoms with Crippen molar-refractivity contribution >= 4 is 22.4 Å². The van der Waals surface area contributed by atoms with Crippen LogP contribution in [0.2, 0.25) is 0 Å². The van der Waals surface area contributed by atoms with Crippen LogP contribution in [-0.2, 0) is 4.74 Å². The molecule has 1 aromatic heterocycles. The van der Waals surface area contributed by atoms with E-state index < -0.39 is 12.2 Å². The van der Waals surface area contributed by atoms with E-state index in [-0.39, 0.29) is 0 Å². The summed E-state index contributed by atoms with van der Waals surface area (Å²) >= 11 is 1.44. The summed E-state index contributed by atoms with van der Waals surface area (Å²) in [6, 6.07) is 11.3. The van der Waals surface area contributed by atoms with Crippen molar-refractivity contribution in [1.82, 2.24) is 4.98 Å². The second-order valence-corrected chi connectivity index (χ2v) is 7.05. The largest absolute Gasteiger partial charge is 0.494 e. The number of nitrogens with one attached hydrogen (secondary N) is 1. The van der Waals surface area contributed by atoms with Crippen LogP contribution in [0.1, 0.15) is 29.1 Å². The number of anilines is 1. The van der Waals surface area contributed by atoms with Gasteiger partial charge in [-0.2, -0.15) is 0 Å². The summed E-state index contributed by atoms with van der Waals surface area (Å²) in [5.41, 5.74) is 2.86. The number of hydrogen-bond donors (Lipinski definition) is 1. The van der Waals surface area contributed by atoms with E-state index in [1.165, 1.54) is 25.6 Å². The first-order valence-electron chi connectivity index (χ1n) is 9.05. The fourth-order valence-electron chi connectivity index (χ4n) is 3.18. The molecule has 2 aromatic carbocycles. The summed E-state index contributed by atoms with van der Waals surface area (Å²) in [7, 11) is 3.02. The molecule has 1 aliphatic rings. The van der Waals surface area contributed by atoms with Crippen LogP contribution < -0.4 is 19.5 Å². The zero-order valence-electron chi connectivity index (χ0n) is 16.2. The van der Waals surface area contributed by atoms with Gasteiger partial charge in [0, 0.05) is 16.5 Å². The van der Waals surface area contributed by atoms with Gasteiger partial charge < -0.3 is 24.3 Å². The van der Waals surface area contributed by atoms with Gasteiger partial charge in [0.25, 0.3) is 0 Å². The van der Waals surface area contributed by atoms with Gasteiger partial charge in [0.15, 0.2) is 16.6 Å². The van der Waals surface area contributed by atoms with E-state index in [1.54, 1.807) is 12.1 Å². The van der Waals surface area contributed by atoms with E-state index in [4.69, 9.17) is 18.9 Å². The summed E-state index contributed by atoms with van der Waals surface area (Å²) in [6.07, 6.45) is -0.642. The lowest BCUT2D eigenvalue weighted by Gasteiger charge is -2.13. The maximum Gasteiger partial charge on any atom is 0.344 e.